The van der Waals surface area contributed by atoms with Crippen LogP contribution in [0.5, 0.6) is 0 Å². The van der Waals surface area contributed by atoms with E-state index >= 15 is 0 Å². The SMILES string of the molecule is CC(=CCl)CC1(C(=O)O)COCCC1=O. The van der Waals surface area contributed by atoms with Gasteiger partial charge in [-0.05, 0) is 13.3 Å². The summed E-state index contributed by atoms with van der Waals surface area (Å²) in [6, 6.07) is 0. The van der Waals surface area contributed by atoms with Crippen molar-refractivity contribution in [3.63, 3.8) is 0 Å². The Labute approximate surface area is 92.9 Å². The minimum atomic E-state index is -1.44. The van der Waals surface area contributed by atoms with Crippen LogP contribution >= 0.6 is 11.6 Å². The fraction of sp³-hybridized carbons (Fsp3) is 0.600. The molecule has 1 aliphatic rings. The number of ether oxygens (including phenoxy) is 1. The number of rotatable bonds is 3. The van der Waals surface area contributed by atoms with Gasteiger partial charge in [0.15, 0.2) is 11.2 Å². The Morgan fingerprint density at radius 1 is 1.73 bits per heavy atom. The van der Waals surface area contributed by atoms with Crippen molar-refractivity contribution in [3.05, 3.63) is 11.1 Å². The van der Waals surface area contributed by atoms with Gasteiger partial charge in [0, 0.05) is 12.0 Å². The summed E-state index contributed by atoms with van der Waals surface area (Å²) in [7, 11) is 0. The van der Waals surface area contributed by atoms with Crippen LogP contribution in [-0.4, -0.2) is 30.1 Å². The molecule has 0 aromatic rings. The van der Waals surface area contributed by atoms with E-state index in [1.54, 1.807) is 6.92 Å². The molecule has 0 amide bonds. The number of Topliss-reactive ketones (excluding diaryl/α,β-unsaturated/α-hetero) is 1. The molecule has 1 rings (SSSR count). The number of aliphatic carboxylic acids is 1. The third kappa shape index (κ3) is 2.38. The monoisotopic (exact) mass is 232 g/mol. The van der Waals surface area contributed by atoms with Crippen molar-refractivity contribution in [2.75, 3.05) is 13.2 Å². The predicted octanol–water partition coefficient (Wildman–Crippen LogP) is 1.58. The molecule has 1 saturated heterocycles. The summed E-state index contributed by atoms with van der Waals surface area (Å²) in [5.74, 6) is -1.41. The van der Waals surface area contributed by atoms with Gasteiger partial charge in [0.2, 0.25) is 0 Å². The van der Waals surface area contributed by atoms with Crippen molar-refractivity contribution in [2.45, 2.75) is 19.8 Å². The van der Waals surface area contributed by atoms with E-state index in [-0.39, 0.29) is 25.2 Å². The molecular formula is C10H13ClO4. The fourth-order valence-corrected chi connectivity index (χ4v) is 1.73. The topological polar surface area (TPSA) is 63.6 Å². The maximum atomic E-state index is 11.7. The van der Waals surface area contributed by atoms with Gasteiger partial charge in [-0.15, -0.1) is 0 Å². The van der Waals surface area contributed by atoms with Crippen LogP contribution in [0.2, 0.25) is 0 Å². The number of carboxylic acid groups (broad SMARTS) is 1. The van der Waals surface area contributed by atoms with Crippen LogP contribution in [0.4, 0.5) is 0 Å². The minimum Gasteiger partial charge on any atom is -0.480 e. The first-order valence-electron chi connectivity index (χ1n) is 4.63. The molecule has 0 aromatic carbocycles. The average Bonchev–Trinajstić information content (AvgIpc) is 2.21. The zero-order valence-electron chi connectivity index (χ0n) is 8.46. The molecule has 1 fully saturated rings. The van der Waals surface area contributed by atoms with E-state index in [1.165, 1.54) is 5.54 Å². The second kappa shape index (κ2) is 4.77. The van der Waals surface area contributed by atoms with E-state index in [0.717, 1.165) is 0 Å². The van der Waals surface area contributed by atoms with Crippen LogP contribution in [0.3, 0.4) is 0 Å². The molecule has 1 atom stereocenters. The highest BCUT2D eigenvalue weighted by atomic mass is 35.5. The van der Waals surface area contributed by atoms with E-state index in [0.29, 0.717) is 12.2 Å². The van der Waals surface area contributed by atoms with E-state index < -0.39 is 11.4 Å². The van der Waals surface area contributed by atoms with E-state index in [9.17, 15) is 9.59 Å². The van der Waals surface area contributed by atoms with Crippen molar-refractivity contribution in [2.24, 2.45) is 5.41 Å². The highest BCUT2D eigenvalue weighted by molar-refractivity contribution is 6.25. The Morgan fingerprint density at radius 2 is 2.40 bits per heavy atom. The summed E-state index contributed by atoms with van der Waals surface area (Å²) in [6.07, 6.45) is 0.270. The second-order valence-corrected chi connectivity index (χ2v) is 3.96. The number of hydrogen-bond acceptors (Lipinski definition) is 3. The van der Waals surface area contributed by atoms with E-state index in [4.69, 9.17) is 21.4 Å². The lowest BCUT2D eigenvalue weighted by molar-refractivity contribution is -0.164. The molecule has 0 spiro atoms. The first-order valence-corrected chi connectivity index (χ1v) is 5.07. The summed E-state index contributed by atoms with van der Waals surface area (Å²) >= 11 is 5.48. The maximum absolute atomic E-state index is 11.7. The molecule has 1 N–H and O–H groups in total. The van der Waals surface area contributed by atoms with Crippen molar-refractivity contribution in [3.8, 4) is 0 Å². The van der Waals surface area contributed by atoms with Gasteiger partial charge in [0.05, 0.1) is 13.2 Å². The van der Waals surface area contributed by atoms with Crippen molar-refractivity contribution >= 4 is 23.4 Å². The molecule has 0 aromatic heterocycles. The number of carboxylic acids is 1. The fourth-order valence-electron chi connectivity index (χ4n) is 1.65. The van der Waals surface area contributed by atoms with Crippen molar-refractivity contribution in [1.29, 1.82) is 0 Å². The summed E-state index contributed by atoms with van der Waals surface area (Å²) in [5.41, 5.74) is 0.526. The molecule has 4 nitrogen and oxygen atoms in total. The molecule has 1 heterocycles. The average molecular weight is 233 g/mol. The summed E-state index contributed by atoms with van der Waals surface area (Å²) in [4.78, 5) is 22.8. The zero-order valence-corrected chi connectivity index (χ0v) is 9.21. The number of carbonyl (C=O) groups is 2. The molecule has 0 saturated carbocycles. The van der Waals surface area contributed by atoms with Gasteiger partial charge in [-0.25, -0.2) is 0 Å². The minimum absolute atomic E-state index is 0.0662. The molecule has 1 aliphatic heterocycles. The Kier molecular flexibility index (Phi) is 3.88. The summed E-state index contributed by atoms with van der Waals surface area (Å²) in [5, 5.41) is 9.13. The Bertz CT molecular complexity index is 311. The van der Waals surface area contributed by atoms with Crippen LogP contribution in [-0.2, 0) is 14.3 Å². The number of halogens is 1. The van der Waals surface area contributed by atoms with E-state index in [1.807, 2.05) is 0 Å². The third-order valence-electron chi connectivity index (χ3n) is 2.53. The van der Waals surface area contributed by atoms with Gasteiger partial charge in [0.1, 0.15) is 0 Å². The first kappa shape index (κ1) is 12.2. The van der Waals surface area contributed by atoms with Gasteiger partial charge < -0.3 is 9.84 Å². The van der Waals surface area contributed by atoms with Gasteiger partial charge in [-0.2, -0.15) is 0 Å². The van der Waals surface area contributed by atoms with Crippen LogP contribution in [0.25, 0.3) is 0 Å². The lowest BCUT2D eigenvalue weighted by atomic mass is 9.76. The Morgan fingerprint density at radius 3 is 2.87 bits per heavy atom. The lowest BCUT2D eigenvalue weighted by Gasteiger charge is -2.31. The predicted molar refractivity (Wildman–Crippen MR) is 54.7 cm³/mol. The number of allylic oxidation sites excluding steroid dienone is 1. The molecule has 0 radical (unpaired) electrons. The lowest BCUT2D eigenvalue weighted by Crippen LogP contribution is -2.47. The smallest absolute Gasteiger partial charge is 0.319 e. The van der Waals surface area contributed by atoms with Crippen LogP contribution in [0.15, 0.2) is 11.1 Å². The molecule has 15 heavy (non-hydrogen) atoms. The van der Waals surface area contributed by atoms with Gasteiger partial charge in [0.25, 0.3) is 0 Å². The number of ketones is 1. The van der Waals surface area contributed by atoms with Gasteiger partial charge >= 0.3 is 5.97 Å². The summed E-state index contributed by atoms with van der Waals surface area (Å²) in [6.45, 7) is 1.93. The van der Waals surface area contributed by atoms with Gasteiger partial charge in [-0.3, -0.25) is 9.59 Å². The Hall–Kier alpha value is -0.870. The van der Waals surface area contributed by atoms with Crippen LogP contribution < -0.4 is 0 Å². The second-order valence-electron chi connectivity index (χ2n) is 3.75. The number of carbonyl (C=O) groups excluding carboxylic acids is 1. The standard InChI is InChI=1S/C10H13ClO4/c1-7(5-11)4-10(9(13)14)6-15-3-2-8(10)12/h5H,2-4,6H2,1H3,(H,13,14). The first-order chi connectivity index (χ1) is 7.03. The van der Waals surface area contributed by atoms with Gasteiger partial charge in [-0.1, -0.05) is 17.2 Å². The molecule has 1 unspecified atom stereocenters. The zero-order chi connectivity index (χ0) is 11.5. The van der Waals surface area contributed by atoms with Crippen LogP contribution in [0, 0.1) is 5.41 Å². The van der Waals surface area contributed by atoms with Crippen molar-refractivity contribution < 1.29 is 19.4 Å². The highest BCUT2D eigenvalue weighted by Crippen LogP contribution is 2.32. The summed E-state index contributed by atoms with van der Waals surface area (Å²) < 4.78 is 5.09. The molecule has 0 aliphatic carbocycles. The quantitative estimate of drug-likeness (QED) is 0.751. The number of hydrogen-bond donors (Lipinski definition) is 1. The molecule has 5 heteroatoms. The normalized spacial score (nSPS) is 27.9. The van der Waals surface area contributed by atoms with E-state index in [2.05, 4.69) is 0 Å². The van der Waals surface area contributed by atoms with Crippen molar-refractivity contribution in [1.82, 2.24) is 0 Å². The van der Waals surface area contributed by atoms with Crippen LogP contribution in [0.1, 0.15) is 19.8 Å². The Balaban J connectivity index is 2.96. The molecular weight excluding hydrogens is 220 g/mol. The maximum Gasteiger partial charge on any atom is 0.319 e. The highest BCUT2D eigenvalue weighted by Gasteiger charge is 2.47. The molecule has 84 valence electrons. The third-order valence-corrected chi connectivity index (χ3v) is 2.90. The molecule has 0 bridgehead atoms. The largest absolute Gasteiger partial charge is 0.480 e.